The highest BCUT2D eigenvalue weighted by Gasteiger charge is 2.26. The lowest BCUT2D eigenvalue weighted by molar-refractivity contribution is 0.107. The molecule has 0 amide bonds. The van der Waals surface area contributed by atoms with Crippen LogP contribution in [0.3, 0.4) is 0 Å². The van der Waals surface area contributed by atoms with E-state index in [0.29, 0.717) is 30.6 Å². The smallest absolute Gasteiger partial charge is 0.231 e. The zero-order chi connectivity index (χ0) is 16.2. The van der Waals surface area contributed by atoms with Gasteiger partial charge < -0.3 is 9.63 Å². The summed E-state index contributed by atoms with van der Waals surface area (Å²) in [6, 6.07) is 8.24. The standard InChI is InChI=1S/C18H25N3O2/c1-13-6-3-4-7-14(13)10-18-19-17(20-23-18)12-21(2)11-15-8-5-9-16(15)22/h3-4,6-7,15-16,22H,5,8-12H2,1-2H3. The number of hydrogen-bond donors (Lipinski definition) is 1. The van der Waals surface area contributed by atoms with E-state index >= 15 is 0 Å². The molecule has 1 fully saturated rings. The molecule has 23 heavy (non-hydrogen) atoms. The zero-order valence-corrected chi connectivity index (χ0v) is 13.9. The highest BCUT2D eigenvalue weighted by molar-refractivity contribution is 5.27. The molecule has 1 aromatic carbocycles. The van der Waals surface area contributed by atoms with Gasteiger partial charge in [0.15, 0.2) is 5.82 Å². The largest absolute Gasteiger partial charge is 0.393 e. The first-order valence-corrected chi connectivity index (χ1v) is 8.34. The van der Waals surface area contributed by atoms with Crippen LogP contribution in [0.2, 0.25) is 0 Å². The number of benzene rings is 1. The molecule has 0 bridgehead atoms. The van der Waals surface area contributed by atoms with Gasteiger partial charge in [0.05, 0.1) is 19.1 Å². The van der Waals surface area contributed by atoms with Crippen molar-refractivity contribution in [2.45, 2.75) is 45.3 Å². The van der Waals surface area contributed by atoms with Gasteiger partial charge in [0.2, 0.25) is 5.89 Å². The number of rotatable bonds is 6. The molecule has 0 spiro atoms. The van der Waals surface area contributed by atoms with Gasteiger partial charge >= 0.3 is 0 Å². The Balaban J connectivity index is 1.55. The van der Waals surface area contributed by atoms with Crippen molar-refractivity contribution in [3.8, 4) is 0 Å². The maximum atomic E-state index is 9.92. The van der Waals surface area contributed by atoms with E-state index in [1.165, 1.54) is 11.1 Å². The van der Waals surface area contributed by atoms with Crippen molar-refractivity contribution in [1.82, 2.24) is 15.0 Å². The molecule has 1 aliphatic rings. The summed E-state index contributed by atoms with van der Waals surface area (Å²) in [5.41, 5.74) is 2.45. The molecule has 124 valence electrons. The van der Waals surface area contributed by atoms with Gasteiger partial charge in [-0.05, 0) is 43.9 Å². The molecule has 3 rings (SSSR count). The predicted octanol–water partition coefficient (Wildman–Crippen LogP) is 2.56. The molecule has 0 radical (unpaired) electrons. The molecule has 0 saturated heterocycles. The van der Waals surface area contributed by atoms with E-state index in [1.54, 1.807) is 0 Å². The van der Waals surface area contributed by atoms with Crippen molar-refractivity contribution >= 4 is 0 Å². The van der Waals surface area contributed by atoms with Gasteiger partial charge in [-0.15, -0.1) is 0 Å². The van der Waals surface area contributed by atoms with Crippen LogP contribution in [-0.2, 0) is 13.0 Å². The van der Waals surface area contributed by atoms with Gasteiger partial charge in [-0.25, -0.2) is 0 Å². The van der Waals surface area contributed by atoms with Crippen molar-refractivity contribution in [1.29, 1.82) is 0 Å². The maximum Gasteiger partial charge on any atom is 0.231 e. The number of hydrogen-bond acceptors (Lipinski definition) is 5. The van der Waals surface area contributed by atoms with Crippen LogP contribution in [0.25, 0.3) is 0 Å². The van der Waals surface area contributed by atoms with Crippen LogP contribution in [-0.4, -0.2) is 39.8 Å². The molecule has 0 aliphatic heterocycles. The Morgan fingerprint density at radius 1 is 1.30 bits per heavy atom. The fourth-order valence-corrected chi connectivity index (χ4v) is 3.33. The number of aliphatic hydroxyl groups excluding tert-OH is 1. The predicted molar refractivity (Wildman–Crippen MR) is 88.0 cm³/mol. The van der Waals surface area contributed by atoms with E-state index < -0.39 is 0 Å². The Bertz CT molecular complexity index is 641. The first-order valence-electron chi connectivity index (χ1n) is 8.34. The highest BCUT2D eigenvalue weighted by atomic mass is 16.5. The summed E-state index contributed by atoms with van der Waals surface area (Å²) in [7, 11) is 2.04. The van der Waals surface area contributed by atoms with Crippen LogP contribution in [0, 0.1) is 12.8 Å². The fourth-order valence-electron chi connectivity index (χ4n) is 3.33. The van der Waals surface area contributed by atoms with Gasteiger partial charge in [0.1, 0.15) is 0 Å². The molecule has 2 atom stereocenters. The second kappa shape index (κ2) is 7.23. The molecule has 2 aromatic rings. The van der Waals surface area contributed by atoms with Crippen LogP contribution < -0.4 is 0 Å². The molecule has 1 saturated carbocycles. The summed E-state index contributed by atoms with van der Waals surface area (Å²) in [6.07, 6.45) is 3.68. The average molecular weight is 315 g/mol. The molecular formula is C18H25N3O2. The summed E-state index contributed by atoms with van der Waals surface area (Å²) in [6.45, 7) is 3.62. The SMILES string of the molecule is Cc1ccccc1Cc1nc(CN(C)CC2CCCC2O)no1. The number of aromatic nitrogens is 2. The zero-order valence-electron chi connectivity index (χ0n) is 13.9. The lowest BCUT2D eigenvalue weighted by Gasteiger charge is -2.21. The van der Waals surface area contributed by atoms with E-state index in [9.17, 15) is 5.11 Å². The molecule has 1 heterocycles. The third-order valence-corrected chi connectivity index (χ3v) is 4.69. The summed E-state index contributed by atoms with van der Waals surface area (Å²) < 4.78 is 5.38. The first-order chi connectivity index (χ1) is 11.1. The van der Waals surface area contributed by atoms with E-state index in [2.05, 4.69) is 34.1 Å². The number of nitrogens with zero attached hydrogens (tertiary/aromatic N) is 3. The lowest BCUT2D eigenvalue weighted by atomic mass is 10.1. The third kappa shape index (κ3) is 4.18. The second-order valence-electron chi connectivity index (χ2n) is 6.66. The third-order valence-electron chi connectivity index (χ3n) is 4.69. The van der Waals surface area contributed by atoms with E-state index in [0.717, 1.165) is 25.8 Å². The molecule has 1 aliphatic carbocycles. The van der Waals surface area contributed by atoms with Gasteiger partial charge in [0.25, 0.3) is 0 Å². The van der Waals surface area contributed by atoms with E-state index in [1.807, 2.05) is 19.2 Å². The summed E-state index contributed by atoms with van der Waals surface area (Å²) >= 11 is 0. The van der Waals surface area contributed by atoms with Crippen molar-refractivity contribution in [2.75, 3.05) is 13.6 Å². The minimum Gasteiger partial charge on any atom is -0.393 e. The lowest BCUT2D eigenvalue weighted by Crippen LogP contribution is -2.29. The quantitative estimate of drug-likeness (QED) is 0.887. The van der Waals surface area contributed by atoms with Crippen LogP contribution >= 0.6 is 0 Å². The fraction of sp³-hybridized carbons (Fsp3) is 0.556. The molecular weight excluding hydrogens is 290 g/mol. The molecule has 1 aromatic heterocycles. The highest BCUT2D eigenvalue weighted by Crippen LogP contribution is 2.26. The average Bonchev–Trinajstić information content (AvgIpc) is 3.11. The van der Waals surface area contributed by atoms with Gasteiger partial charge in [-0.1, -0.05) is 35.8 Å². The maximum absolute atomic E-state index is 9.92. The summed E-state index contributed by atoms with van der Waals surface area (Å²) in [5, 5.41) is 14.0. The Kier molecular flexibility index (Phi) is 5.08. The van der Waals surface area contributed by atoms with Gasteiger partial charge in [-0.2, -0.15) is 4.98 Å². The minimum absolute atomic E-state index is 0.153. The number of aryl methyl sites for hydroxylation is 1. The van der Waals surface area contributed by atoms with Crippen molar-refractivity contribution in [3.05, 3.63) is 47.1 Å². The summed E-state index contributed by atoms with van der Waals surface area (Å²) in [4.78, 5) is 6.67. The van der Waals surface area contributed by atoms with Crippen LogP contribution in [0.4, 0.5) is 0 Å². The molecule has 5 heteroatoms. The Morgan fingerprint density at radius 2 is 2.13 bits per heavy atom. The van der Waals surface area contributed by atoms with Crippen LogP contribution in [0.5, 0.6) is 0 Å². The Morgan fingerprint density at radius 3 is 2.87 bits per heavy atom. The Hall–Kier alpha value is -1.72. The van der Waals surface area contributed by atoms with Crippen molar-refractivity contribution in [3.63, 3.8) is 0 Å². The Labute approximate surface area is 137 Å². The molecule has 5 nitrogen and oxygen atoms in total. The molecule has 2 unspecified atom stereocenters. The van der Waals surface area contributed by atoms with Gasteiger partial charge in [0, 0.05) is 6.54 Å². The van der Waals surface area contributed by atoms with E-state index in [-0.39, 0.29) is 6.10 Å². The molecule has 1 N–H and O–H groups in total. The first kappa shape index (κ1) is 16.1. The normalized spacial score (nSPS) is 21.2. The van der Waals surface area contributed by atoms with E-state index in [4.69, 9.17) is 4.52 Å². The summed E-state index contributed by atoms with van der Waals surface area (Å²) in [5.74, 6) is 1.74. The minimum atomic E-state index is -0.153. The van der Waals surface area contributed by atoms with Crippen LogP contribution in [0.15, 0.2) is 28.8 Å². The monoisotopic (exact) mass is 315 g/mol. The van der Waals surface area contributed by atoms with Crippen molar-refractivity contribution in [2.24, 2.45) is 5.92 Å². The van der Waals surface area contributed by atoms with Gasteiger partial charge in [-0.3, -0.25) is 4.90 Å². The topological polar surface area (TPSA) is 62.4 Å². The second-order valence-corrected chi connectivity index (χ2v) is 6.66. The van der Waals surface area contributed by atoms with Crippen molar-refractivity contribution < 1.29 is 9.63 Å². The van der Waals surface area contributed by atoms with Crippen LogP contribution in [0.1, 0.15) is 42.1 Å². The number of aliphatic hydroxyl groups is 1.